The van der Waals surface area contributed by atoms with Crippen molar-refractivity contribution in [3.63, 3.8) is 0 Å². The van der Waals surface area contributed by atoms with Crippen LogP contribution in [0.15, 0.2) is 24.3 Å². The summed E-state index contributed by atoms with van der Waals surface area (Å²) in [5.74, 6) is 0.776. The number of likely N-dealkylation sites (N-methyl/N-ethyl adjacent to an activating group) is 1. The zero-order valence-electron chi connectivity index (χ0n) is 13.4. The number of amides is 1. The van der Waals surface area contributed by atoms with E-state index in [1.807, 2.05) is 45.3 Å². The second-order valence-corrected chi connectivity index (χ2v) is 5.22. The number of nitrogens with one attached hydrogen (secondary N) is 1. The van der Waals surface area contributed by atoms with E-state index < -0.39 is 0 Å². The predicted molar refractivity (Wildman–Crippen MR) is 95.1 cm³/mol. The van der Waals surface area contributed by atoms with Crippen LogP contribution in [0.1, 0.15) is 18.9 Å². The molecule has 1 atom stereocenters. The second kappa shape index (κ2) is 12.5. The Hall–Kier alpha value is -1.01. The highest BCUT2D eigenvalue weighted by atomic mass is 35.5. The summed E-state index contributed by atoms with van der Waals surface area (Å²) in [7, 11) is 4.01. The predicted octanol–water partition coefficient (Wildman–Crippen LogP) is 1.82. The lowest BCUT2D eigenvalue weighted by molar-refractivity contribution is -0.121. The molecule has 0 spiro atoms. The summed E-state index contributed by atoms with van der Waals surface area (Å²) in [6.45, 7) is 3.75. The van der Waals surface area contributed by atoms with Crippen LogP contribution in [0.2, 0.25) is 0 Å². The maximum atomic E-state index is 11.6. The number of carbonyl (C=O) groups excluding carboxylic acids is 1. The number of nitrogens with zero attached hydrogens (tertiary/aromatic N) is 1. The fourth-order valence-corrected chi connectivity index (χ4v) is 1.69. The van der Waals surface area contributed by atoms with Crippen molar-refractivity contribution in [1.82, 2.24) is 10.2 Å². The number of ether oxygens (including phenoxy) is 1. The van der Waals surface area contributed by atoms with Crippen molar-refractivity contribution >= 4 is 30.7 Å². The van der Waals surface area contributed by atoms with Gasteiger partial charge in [-0.2, -0.15) is 0 Å². The van der Waals surface area contributed by atoms with E-state index in [2.05, 4.69) is 10.2 Å². The Kier molecular flexibility index (Phi) is 13.2. The smallest absolute Gasteiger partial charge is 0.221 e. The summed E-state index contributed by atoms with van der Waals surface area (Å²) in [4.78, 5) is 13.7. The molecule has 1 unspecified atom stereocenters. The average molecular weight is 352 g/mol. The average Bonchev–Trinajstić information content (AvgIpc) is 2.36. The van der Waals surface area contributed by atoms with Crippen LogP contribution in [-0.4, -0.2) is 44.1 Å². The fraction of sp³-hybridized carbons (Fsp3) is 0.533. The molecule has 0 aromatic heterocycles. The molecule has 0 aliphatic rings. The van der Waals surface area contributed by atoms with Gasteiger partial charge in [-0.25, -0.2) is 0 Å². The van der Waals surface area contributed by atoms with Gasteiger partial charge < -0.3 is 20.7 Å². The number of halogens is 2. The van der Waals surface area contributed by atoms with Crippen LogP contribution >= 0.6 is 24.8 Å². The third kappa shape index (κ3) is 9.84. The van der Waals surface area contributed by atoms with E-state index >= 15 is 0 Å². The van der Waals surface area contributed by atoms with Crippen molar-refractivity contribution in [1.29, 1.82) is 0 Å². The molecule has 7 heteroatoms. The lowest BCUT2D eigenvalue weighted by atomic mass is 10.2. The third-order valence-corrected chi connectivity index (χ3v) is 2.75. The highest BCUT2D eigenvalue weighted by Gasteiger charge is 2.07. The number of benzene rings is 1. The molecule has 0 saturated carbocycles. The molecule has 0 heterocycles. The number of para-hydroxylation sites is 1. The number of rotatable bonds is 8. The maximum absolute atomic E-state index is 11.6. The van der Waals surface area contributed by atoms with Gasteiger partial charge in [0.2, 0.25) is 5.91 Å². The summed E-state index contributed by atoms with van der Waals surface area (Å²) < 4.78 is 5.74. The van der Waals surface area contributed by atoms with Crippen molar-refractivity contribution in [3.8, 4) is 5.75 Å². The van der Waals surface area contributed by atoms with Crippen LogP contribution < -0.4 is 15.8 Å². The first kappa shape index (κ1) is 23.3. The SMILES string of the molecule is CC(N)CC(=O)NCc1ccccc1OCCN(C)C.Cl.Cl. The molecule has 5 nitrogen and oxygen atoms in total. The minimum absolute atomic E-state index is 0. The molecule has 1 amide bonds. The number of nitrogens with two attached hydrogens (primary N) is 1. The molecule has 128 valence electrons. The standard InChI is InChI=1S/C15H25N3O2.2ClH/c1-12(16)10-15(19)17-11-13-6-4-5-7-14(13)20-9-8-18(2)3;;/h4-7,12H,8-11,16H2,1-3H3,(H,17,19);2*1H. The summed E-state index contributed by atoms with van der Waals surface area (Å²) in [6, 6.07) is 7.62. The summed E-state index contributed by atoms with van der Waals surface area (Å²) in [5.41, 5.74) is 6.57. The van der Waals surface area contributed by atoms with Crippen LogP contribution in [0.25, 0.3) is 0 Å². The molecule has 0 aliphatic heterocycles. The Balaban J connectivity index is 0. The highest BCUT2D eigenvalue weighted by molar-refractivity contribution is 5.85. The van der Waals surface area contributed by atoms with E-state index in [0.29, 0.717) is 19.6 Å². The topological polar surface area (TPSA) is 67.6 Å². The first-order valence-electron chi connectivity index (χ1n) is 6.86. The third-order valence-electron chi connectivity index (χ3n) is 2.75. The van der Waals surface area contributed by atoms with Gasteiger partial charge in [0, 0.05) is 31.1 Å². The van der Waals surface area contributed by atoms with Crippen LogP contribution in [0.5, 0.6) is 5.75 Å². The molecule has 0 saturated heterocycles. The molecule has 0 fully saturated rings. The van der Waals surface area contributed by atoms with E-state index in [1.54, 1.807) is 0 Å². The quantitative estimate of drug-likeness (QED) is 0.749. The molecule has 0 radical (unpaired) electrons. The van der Waals surface area contributed by atoms with Crippen LogP contribution in [0.4, 0.5) is 0 Å². The fourth-order valence-electron chi connectivity index (χ4n) is 1.69. The van der Waals surface area contributed by atoms with Gasteiger partial charge in [0.15, 0.2) is 0 Å². The molecule has 3 N–H and O–H groups in total. The maximum Gasteiger partial charge on any atom is 0.221 e. The Morgan fingerprint density at radius 1 is 1.32 bits per heavy atom. The van der Waals surface area contributed by atoms with Gasteiger partial charge in [-0.1, -0.05) is 18.2 Å². The van der Waals surface area contributed by atoms with Gasteiger partial charge in [0.05, 0.1) is 0 Å². The van der Waals surface area contributed by atoms with Crippen molar-refractivity contribution in [2.75, 3.05) is 27.2 Å². The normalized spacial score (nSPS) is 11.1. The highest BCUT2D eigenvalue weighted by Crippen LogP contribution is 2.17. The summed E-state index contributed by atoms with van der Waals surface area (Å²) in [5, 5.41) is 2.86. The molecule has 1 aromatic rings. The minimum atomic E-state index is -0.124. The van der Waals surface area contributed by atoms with Crippen LogP contribution in [0.3, 0.4) is 0 Å². The molecule has 0 bridgehead atoms. The number of carbonyl (C=O) groups is 1. The van der Waals surface area contributed by atoms with Gasteiger partial charge in [-0.05, 0) is 27.1 Å². The lowest BCUT2D eigenvalue weighted by Gasteiger charge is -2.14. The van der Waals surface area contributed by atoms with E-state index in [0.717, 1.165) is 17.9 Å². The number of hydrogen-bond donors (Lipinski definition) is 2. The lowest BCUT2D eigenvalue weighted by Crippen LogP contribution is -2.29. The first-order valence-corrected chi connectivity index (χ1v) is 6.86. The monoisotopic (exact) mass is 351 g/mol. The van der Waals surface area contributed by atoms with Crippen LogP contribution in [0, 0.1) is 0 Å². The van der Waals surface area contributed by atoms with E-state index in [1.165, 1.54) is 0 Å². The summed E-state index contributed by atoms with van der Waals surface area (Å²) in [6.07, 6.45) is 0.337. The summed E-state index contributed by atoms with van der Waals surface area (Å²) >= 11 is 0. The Bertz CT molecular complexity index is 429. The van der Waals surface area contributed by atoms with Crippen molar-refractivity contribution in [2.24, 2.45) is 5.73 Å². The van der Waals surface area contributed by atoms with Crippen LogP contribution in [-0.2, 0) is 11.3 Å². The number of hydrogen-bond acceptors (Lipinski definition) is 4. The zero-order valence-corrected chi connectivity index (χ0v) is 15.0. The van der Waals surface area contributed by atoms with E-state index in [9.17, 15) is 4.79 Å². The van der Waals surface area contributed by atoms with Crippen molar-refractivity contribution in [2.45, 2.75) is 25.9 Å². The van der Waals surface area contributed by atoms with Gasteiger partial charge in [0.1, 0.15) is 12.4 Å². The molecule has 1 rings (SSSR count). The van der Waals surface area contributed by atoms with Gasteiger partial charge in [0.25, 0.3) is 0 Å². The first-order chi connectivity index (χ1) is 9.49. The Labute approximate surface area is 145 Å². The molecule has 22 heavy (non-hydrogen) atoms. The van der Waals surface area contributed by atoms with Crippen molar-refractivity contribution in [3.05, 3.63) is 29.8 Å². The Morgan fingerprint density at radius 3 is 2.55 bits per heavy atom. The largest absolute Gasteiger partial charge is 0.492 e. The van der Waals surface area contributed by atoms with E-state index in [-0.39, 0.29) is 36.8 Å². The molecule has 0 aliphatic carbocycles. The van der Waals surface area contributed by atoms with Gasteiger partial charge in [-0.15, -0.1) is 24.8 Å². The Morgan fingerprint density at radius 2 is 1.95 bits per heavy atom. The minimum Gasteiger partial charge on any atom is -0.492 e. The van der Waals surface area contributed by atoms with Gasteiger partial charge >= 0.3 is 0 Å². The molecular weight excluding hydrogens is 325 g/mol. The zero-order chi connectivity index (χ0) is 15.0. The van der Waals surface area contributed by atoms with Gasteiger partial charge in [-0.3, -0.25) is 4.79 Å². The van der Waals surface area contributed by atoms with Crippen molar-refractivity contribution < 1.29 is 9.53 Å². The van der Waals surface area contributed by atoms with E-state index in [4.69, 9.17) is 10.5 Å². The molecule has 1 aromatic carbocycles. The second-order valence-electron chi connectivity index (χ2n) is 5.22. The molecular formula is C15H27Cl2N3O2.